The fourth-order valence-electron chi connectivity index (χ4n) is 3.68. The first kappa shape index (κ1) is 20.0. The van der Waals surface area contributed by atoms with E-state index in [-0.39, 0.29) is 17.7 Å². The van der Waals surface area contributed by atoms with Gasteiger partial charge in [-0.2, -0.15) is 0 Å². The maximum Gasteiger partial charge on any atom is 0.228 e. The molecular formula is C18H30N6O2S. The van der Waals surface area contributed by atoms with Gasteiger partial charge in [0.15, 0.2) is 0 Å². The SMILES string of the molecule is CCN(CC)CCNC(=O)C1CCCN(c2nnc(N3CCCC3=O)s2)C1. The van der Waals surface area contributed by atoms with E-state index in [1.54, 1.807) is 4.90 Å². The Labute approximate surface area is 164 Å². The number of piperidine rings is 1. The Morgan fingerprint density at radius 2 is 2.00 bits per heavy atom. The first-order valence-electron chi connectivity index (χ1n) is 10.0. The number of carbonyl (C=O) groups is 2. The van der Waals surface area contributed by atoms with Crippen molar-refractivity contribution >= 4 is 33.4 Å². The van der Waals surface area contributed by atoms with Gasteiger partial charge in [0.1, 0.15) is 0 Å². The number of nitrogens with one attached hydrogen (secondary N) is 1. The summed E-state index contributed by atoms with van der Waals surface area (Å²) in [6, 6.07) is 0. The van der Waals surface area contributed by atoms with Crippen LogP contribution < -0.4 is 15.1 Å². The number of carbonyl (C=O) groups excluding carboxylic acids is 2. The highest BCUT2D eigenvalue weighted by molar-refractivity contribution is 7.19. The fraction of sp³-hybridized carbons (Fsp3) is 0.778. The van der Waals surface area contributed by atoms with Gasteiger partial charge < -0.3 is 15.1 Å². The standard InChI is InChI=1S/C18H30N6O2S/c1-3-22(4-2)12-9-19-16(26)14-7-5-10-23(13-14)17-20-21-18(27-17)24-11-6-8-15(24)25/h14H,3-13H2,1-2H3,(H,19,26). The van der Waals surface area contributed by atoms with E-state index in [2.05, 4.69) is 39.2 Å². The molecule has 1 unspecified atom stereocenters. The van der Waals surface area contributed by atoms with E-state index in [9.17, 15) is 9.59 Å². The lowest BCUT2D eigenvalue weighted by molar-refractivity contribution is -0.125. The topological polar surface area (TPSA) is 81.7 Å². The van der Waals surface area contributed by atoms with Crippen LogP contribution in [0.2, 0.25) is 0 Å². The molecule has 1 atom stereocenters. The third kappa shape index (κ3) is 4.95. The minimum Gasteiger partial charge on any atom is -0.355 e. The molecule has 9 heteroatoms. The van der Waals surface area contributed by atoms with E-state index in [0.29, 0.717) is 24.6 Å². The van der Waals surface area contributed by atoms with Gasteiger partial charge in [-0.3, -0.25) is 14.5 Å². The summed E-state index contributed by atoms with van der Waals surface area (Å²) in [4.78, 5) is 30.6. The van der Waals surface area contributed by atoms with Crippen LogP contribution in [0.4, 0.5) is 10.3 Å². The van der Waals surface area contributed by atoms with Gasteiger partial charge >= 0.3 is 0 Å². The summed E-state index contributed by atoms with van der Waals surface area (Å²) in [7, 11) is 0. The number of hydrogen-bond acceptors (Lipinski definition) is 7. The van der Waals surface area contributed by atoms with Crippen LogP contribution in [0.15, 0.2) is 0 Å². The second-order valence-electron chi connectivity index (χ2n) is 7.12. The van der Waals surface area contributed by atoms with Crippen LogP contribution in [0, 0.1) is 5.92 Å². The molecule has 0 aromatic carbocycles. The van der Waals surface area contributed by atoms with E-state index >= 15 is 0 Å². The molecule has 2 amide bonds. The van der Waals surface area contributed by atoms with Crippen LogP contribution in [0.1, 0.15) is 39.5 Å². The highest BCUT2D eigenvalue weighted by atomic mass is 32.1. The Morgan fingerprint density at radius 3 is 2.70 bits per heavy atom. The normalized spacial score (nSPS) is 20.6. The van der Waals surface area contributed by atoms with Crippen LogP contribution in [0.5, 0.6) is 0 Å². The number of likely N-dealkylation sites (N-methyl/N-ethyl adjacent to an activating group) is 1. The zero-order valence-electron chi connectivity index (χ0n) is 16.3. The summed E-state index contributed by atoms with van der Waals surface area (Å²) < 4.78 is 0. The first-order chi connectivity index (χ1) is 13.1. The van der Waals surface area contributed by atoms with Crippen molar-refractivity contribution in [3.63, 3.8) is 0 Å². The highest BCUT2D eigenvalue weighted by Crippen LogP contribution is 2.32. The molecule has 150 valence electrons. The first-order valence-corrected chi connectivity index (χ1v) is 10.8. The Balaban J connectivity index is 1.52. The van der Waals surface area contributed by atoms with Crippen molar-refractivity contribution in [2.45, 2.75) is 39.5 Å². The monoisotopic (exact) mass is 394 g/mol. The lowest BCUT2D eigenvalue weighted by Gasteiger charge is -2.31. The molecular weight excluding hydrogens is 364 g/mol. The van der Waals surface area contributed by atoms with Gasteiger partial charge in [-0.15, -0.1) is 10.2 Å². The van der Waals surface area contributed by atoms with E-state index in [0.717, 1.165) is 57.1 Å². The van der Waals surface area contributed by atoms with Gasteiger partial charge in [0.05, 0.1) is 5.92 Å². The fourth-order valence-corrected chi connectivity index (χ4v) is 4.61. The van der Waals surface area contributed by atoms with Crippen LogP contribution in [-0.4, -0.2) is 72.7 Å². The molecule has 1 aromatic rings. The number of rotatable bonds is 8. The maximum atomic E-state index is 12.5. The molecule has 1 N–H and O–H groups in total. The third-order valence-corrected chi connectivity index (χ3v) is 6.40. The molecule has 3 heterocycles. The summed E-state index contributed by atoms with van der Waals surface area (Å²) in [5.41, 5.74) is 0. The molecule has 2 aliphatic heterocycles. The van der Waals surface area contributed by atoms with E-state index in [4.69, 9.17) is 0 Å². The predicted octanol–water partition coefficient (Wildman–Crippen LogP) is 1.34. The van der Waals surface area contributed by atoms with Crippen LogP contribution in [0.3, 0.4) is 0 Å². The highest BCUT2D eigenvalue weighted by Gasteiger charge is 2.29. The lowest BCUT2D eigenvalue weighted by atomic mass is 9.97. The molecule has 27 heavy (non-hydrogen) atoms. The second kappa shape index (κ2) is 9.45. The summed E-state index contributed by atoms with van der Waals surface area (Å²) in [5.74, 6) is 0.240. The van der Waals surface area contributed by atoms with Crippen LogP contribution in [0.25, 0.3) is 0 Å². The van der Waals surface area contributed by atoms with Crippen molar-refractivity contribution < 1.29 is 9.59 Å². The largest absolute Gasteiger partial charge is 0.355 e. The molecule has 2 aliphatic rings. The number of aromatic nitrogens is 2. The lowest BCUT2D eigenvalue weighted by Crippen LogP contribution is -2.44. The zero-order valence-corrected chi connectivity index (χ0v) is 17.1. The van der Waals surface area contributed by atoms with E-state index in [1.807, 2.05) is 0 Å². The number of amides is 2. The Kier molecular flexibility index (Phi) is 7.01. The smallest absolute Gasteiger partial charge is 0.228 e. The van der Waals surface area contributed by atoms with E-state index in [1.165, 1.54) is 11.3 Å². The molecule has 0 bridgehead atoms. The van der Waals surface area contributed by atoms with Crippen molar-refractivity contribution in [2.75, 3.05) is 55.6 Å². The Hall–Kier alpha value is -1.74. The molecule has 3 rings (SSSR count). The van der Waals surface area contributed by atoms with Gasteiger partial charge in [0, 0.05) is 39.1 Å². The number of nitrogens with zero attached hydrogens (tertiary/aromatic N) is 5. The summed E-state index contributed by atoms with van der Waals surface area (Å²) in [6.45, 7) is 10.1. The van der Waals surface area contributed by atoms with Crippen molar-refractivity contribution in [1.29, 1.82) is 0 Å². The molecule has 1 aromatic heterocycles. The van der Waals surface area contributed by atoms with Gasteiger partial charge in [-0.05, 0) is 32.4 Å². The van der Waals surface area contributed by atoms with Crippen LogP contribution in [-0.2, 0) is 9.59 Å². The van der Waals surface area contributed by atoms with Crippen molar-refractivity contribution in [3.8, 4) is 0 Å². The molecule has 0 saturated carbocycles. The second-order valence-corrected chi connectivity index (χ2v) is 8.05. The van der Waals surface area contributed by atoms with Gasteiger partial charge in [-0.1, -0.05) is 25.2 Å². The molecule has 2 fully saturated rings. The molecule has 0 aliphatic carbocycles. The number of hydrogen-bond donors (Lipinski definition) is 1. The molecule has 8 nitrogen and oxygen atoms in total. The molecule has 0 radical (unpaired) electrons. The maximum absolute atomic E-state index is 12.5. The van der Waals surface area contributed by atoms with Crippen molar-refractivity contribution in [1.82, 2.24) is 20.4 Å². The van der Waals surface area contributed by atoms with Crippen LogP contribution >= 0.6 is 11.3 Å². The van der Waals surface area contributed by atoms with Crippen molar-refractivity contribution in [3.05, 3.63) is 0 Å². The summed E-state index contributed by atoms with van der Waals surface area (Å²) >= 11 is 1.45. The Bertz CT molecular complexity index is 648. The minimum atomic E-state index is -0.0174. The average Bonchev–Trinajstić information content (AvgIpc) is 3.34. The average molecular weight is 395 g/mol. The quantitative estimate of drug-likeness (QED) is 0.717. The van der Waals surface area contributed by atoms with Gasteiger partial charge in [0.2, 0.25) is 22.1 Å². The summed E-state index contributed by atoms with van der Waals surface area (Å²) in [5, 5.41) is 13.1. The molecule has 0 spiro atoms. The van der Waals surface area contributed by atoms with Crippen molar-refractivity contribution in [2.24, 2.45) is 5.92 Å². The zero-order chi connectivity index (χ0) is 19.2. The Morgan fingerprint density at radius 1 is 1.22 bits per heavy atom. The molecule has 2 saturated heterocycles. The summed E-state index contributed by atoms with van der Waals surface area (Å²) in [6.07, 6.45) is 3.34. The predicted molar refractivity (Wildman–Crippen MR) is 107 cm³/mol. The minimum absolute atomic E-state index is 0.0174. The number of anilines is 2. The third-order valence-electron chi connectivity index (χ3n) is 5.39. The van der Waals surface area contributed by atoms with Gasteiger partial charge in [0.25, 0.3) is 0 Å². The van der Waals surface area contributed by atoms with E-state index < -0.39 is 0 Å². The van der Waals surface area contributed by atoms with Gasteiger partial charge in [-0.25, -0.2) is 0 Å².